The largest absolute Gasteiger partial charge is 0.494 e. The number of methoxy groups -OCH3 is 1. The second kappa shape index (κ2) is 15.2. The van der Waals surface area contributed by atoms with Crippen LogP contribution in [0.15, 0.2) is 67.0 Å². The number of rotatable bonds is 11. The van der Waals surface area contributed by atoms with E-state index in [2.05, 4.69) is 53.8 Å². The minimum Gasteiger partial charge on any atom is -0.494 e. The van der Waals surface area contributed by atoms with Crippen molar-refractivity contribution in [3.8, 4) is 5.75 Å². The Labute approximate surface area is 297 Å². The van der Waals surface area contributed by atoms with Crippen LogP contribution in [-0.4, -0.2) is 78.3 Å². The Morgan fingerprint density at radius 1 is 1.02 bits per heavy atom. The minimum atomic E-state index is -2.54. The molecule has 0 radical (unpaired) electrons. The van der Waals surface area contributed by atoms with Gasteiger partial charge in [-0.2, -0.15) is 4.98 Å². The summed E-state index contributed by atoms with van der Waals surface area (Å²) in [5, 5.41) is 9.97. The van der Waals surface area contributed by atoms with Gasteiger partial charge in [-0.1, -0.05) is 23.7 Å². The number of imide groups is 1. The Kier molecular flexibility index (Phi) is 10.7. The lowest BCUT2D eigenvalue weighted by molar-refractivity contribution is -0.134. The van der Waals surface area contributed by atoms with Crippen molar-refractivity contribution in [2.24, 2.45) is 0 Å². The Morgan fingerprint density at radius 2 is 1.80 bits per heavy atom. The predicted molar refractivity (Wildman–Crippen MR) is 198 cm³/mol. The number of nitrogens with one attached hydrogen (secondary N) is 3. The van der Waals surface area contributed by atoms with Crippen LogP contribution in [0.4, 0.5) is 28.8 Å². The fraction of sp³-hybridized carbons (Fsp3) is 0.361. The summed E-state index contributed by atoms with van der Waals surface area (Å²) in [6.07, 6.45) is 6.09. The molecule has 2 fully saturated rings. The second-order valence-corrected chi connectivity index (χ2v) is 16.7. The highest BCUT2D eigenvalue weighted by Crippen LogP contribution is 2.39. The summed E-state index contributed by atoms with van der Waals surface area (Å²) >= 11 is 6.45. The number of pyridine rings is 1. The monoisotopic (exact) mass is 716 g/mol. The van der Waals surface area contributed by atoms with Gasteiger partial charge in [0.1, 0.15) is 17.9 Å². The third kappa shape index (κ3) is 8.26. The van der Waals surface area contributed by atoms with E-state index in [1.165, 1.54) is 6.20 Å². The van der Waals surface area contributed by atoms with Crippen LogP contribution in [0.25, 0.3) is 0 Å². The van der Waals surface area contributed by atoms with E-state index >= 15 is 0 Å². The quantitative estimate of drug-likeness (QED) is 0.126. The van der Waals surface area contributed by atoms with Gasteiger partial charge in [-0.3, -0.25) is 24.8 Å². The van der Waals surface area contributed by atoms with E-state index in [1.54, 1.807) is 26.6 Å². The molecule has 2 aromatic carbocycles. The SMILES string of the molecule is COc1cc(N2CCC(N(C)Cc3ccnc(C4CCC(=O)NC4=O)c3)CC2)ccc1Nc1ncc(Cl)c(Nc2ccccc2P(C)(C)=O)n1. The number of piperidine rings is 2. The maximum atomic E-state index is 12.9. The zero-order chi connectivity index (χ0) is 35.4. The first kappa shape index (κ1) is 35.3. The number of ether oxygens (including phenoxy) is 1. The first-order chi connectivity index (χ1) is 24.0. The molecule has 0 aliphatic carbocycles. The van der Waals surface area contributed by atoms with Gasteiger partial charge in [-0.05, 0) is 81.6 Å². The molecule has 2 aliphatic heterocycles. The van der Waals surface area contributed by atoms with Crippen LogP contribution in [0.2, 0.25) is 5.02 Å². The molecule has 14 heteroatoms. The molecule has 0 bridgehead atoms. The number of para-hydroxylation sites is 1. The summed E-state index contributed by atoms with van der Waals surface area (Å²) in [5.74, 6) is 0.506. The number of amides is 2. The van der Waals surface area contributed by atoms with Crippen LogP contribution in [0, 0.1) is 0 Å². The van der Waals surface area contributed by atoms with Gasteiger partial charge >= 0.3 is 0 Å². The summed E-state index contributed by atoms with van der Waals surface area (Å²) in [6.45, 7) is 5.98. The lowest BCUT2D eigenvalue weighted by Crippen LogP contribution is -2.43. The highest BCUT2D eigenvalue weighted by atomic mass is 35.5. The second-order valence-electron chi connectivity index (χ2n) is 13.1. The molecular weight excluding hydrogens is 675 g/mol. The third-order valence-corrected chi connectivity index (χ3v) is 11.1. The molecular formula is C36H42ClN8O4P. The summed E-state index contributed by atoms with van der Waals surface area (Å²) in [4.78, 5) is 42.1. The summed E-state index contributed by atoms with van der Waals surface area (Å²) in [6, 6.07) is 17.9. The molecule has 2 saturated heterocycles. The number of hydrogen-bond acceptors (Lipinski definition) is 11. The van der Waals surface area contributed by atoms with Gasteiger partial charge in [0.2, 0.25) is 17.8 Å². The first-order valence-electron chi connectivity index (χ1n) is 16.6. The summed E-state index contributed by atoms with van der Waals surface area (Å²) in [7, 11) is 1.23. The standard InChI is InChI=1S/C36H42ClN8O4P/c1-44(22-23-13-16-38-30(19-23)26-10-12-33(46)42-35(26)47)24-14-17-45(18-15-24)25-9-11-28(31(20-25)49-2)41-36-39-21-27(37)34(43-36)40-29-7-5-6-8-32(29)50(3,4)48/h5-9,11,13,16,19-21,24,26H,10,12,14-15,17-18,22H2,1-4H3,(H,42,46,47)(H2,39,40,41,43). The normalized spacial score (nSPS) is 17.1. The van der Waals surface area contributed by atoms with Gasteiger partial charge in [-0.25, -0.2) is 4.98 Å². The van der Waals surface area contributed by atoms with E-state index in [9.17, 15) is 14.2 Å². The number of benzene rings is 2. The van der Waals surface area contributed by atoms with Crippen LogP contribution in [-0.2, 0) is 20.7 Å². The minimum absolute atomic E-state index is 0.222. The fourth-order valence-corrected chi connectivity index (χ4v) is 7.83. The summed E-state index contributed by atoms with van der Waals surface area (Å²) in [5.41, 5.74) is 4.27. The molecule has 4 heterocycles. The summed E-state index contributed by atoms with van der Waals surface area (Å²) < 4.78 is 18.6. The number of aromatic nitrogens is 3. The molecule has 2 amide bonds. The average molecular weight is 717 g/mol. The molecule has 262 valence electrons. The van der Waals surface area contributed by atoms with Crippen LogP contribution < -0.4 is 30.9 Å². The Hall–Kier alpha value is -4.51. The van der Waals surface area contributed by atoms with Crippen molar-refractivity contribution in [2.45, 2.75) is 44.2 Å². The average Bonchev–Trinajstić information content (AvgIpc) is 3.10. The number of anilines is 5. The van der Waals surface area contributed by atoms with E-state index in [4.69, 9.17) is 16.3 Å². The van der Waals surface area contributed by atoms with Crippen molar-refractivity contribution in [1.82, 2.24) is 25.2 Å². The third-order valence-electron chi connectivity index (χ3n) is 9.24. The van der Waals surface area contributed by atoms with Crippen LogP contribution in [0.3, 0.4) is 0 Å². The molecule has 6 rings (SSSR count). The molecule has 1 atom stereocenters. The number of hydrogen-bond donors (Lipinski definition) is 3. The molecule has 1 unspecified atom stereocenters. The van der Waals surface area contributed by atoms with Crippen LogP contribution in [0.5, 0.6) is 5.75 Å². The van der Waals surface area contributed by atoms with E-state index in [-0.39, 0.29) is 17.7 Å². The predicted octanol–water partition coefficient (Wildman–Crippen LogP) is 5.89. The Morgan fingerprint density at radius 3 is 2.54 bits per heavy atom. The van der Waals surface area contributed by atoms with E-state index in [0.717, 1.165) is 43.7 Å². The number of carbonyl (C=O) groups excluding carboxylic acids is 2. The highest BCUT2D eigenvalue weighted by molar-refractivity contribution is 7.70. The molecule has 0 spiro atoms. The Balaban J connectivity index is 1.07. The molecule has 50 heavy (non-hydrogen) atoms. The smallest absolute Gasteiger partial charge is 0.235 e. The highest BCUT2D eigenvalue weighted by Gasteiger charge is 2.29. The van der Waals surface area contributed by atoms with Crippen LogP contribution >= 0.6 is 18.7 Å². The van der Waals surface area contributed by atoms with Crippen molar-refractivity contribution in [1.29, 1.82) is 0 Å². The molecule has 2 aliphatic rings. The lowest BCUT2D eigenvalue weighted by Gasteiger charge is -2.38. The van der Waals surface area contributed by atoms with Gasteiger partial charge in [0.05, 0.1) is 36.3 Å². The van der Waals surface area contributed by atoms with Crippen molar-refractivity contribution < 1.29 is 18.9 Å². The maximum absolute atomic E-state index is 12.9. The topological polar surface area (TPSA) is 142 Å². The maximum Gasteiger partial charge on any atom is 0.235 e. The van der Waals surface area contributed by atoms with Crippen LogP contribution in [0.1, 0.15) is 42.9 Å². The van der Waals surface area contributed by atoms with E-state index in [0.29, 0.717) is 63.8 Å². The van der Waals surface area contributed by atoms with Gasteiger partial charge in [-0.15, -0.1) is 0 Å². The zero-order valence-electron chi connectivity index (χ0n) is 28.6. The zero-order valence-corrected chi connectivity index (χ0v) is 30.3. The van der Waals surface area contributed by atoms with Gasteiger partial charge in [0.15, 0.2) is 5.82 Å². The van der Waals surface area contributed by atoms with Crippen molar-refractivity contribution in [2.75, 3.05) is 56.1 Å². The van der Waals surface area contributed by atoms with Crippen molar-refractivity contribution in [3.05, 3.63) is 83.3 Å². The first-order valence-corrected chi connectivity index (χ1v) is 19.6. The van der Waals surface area contributed by atoms with Gasteiger partial charge in [0, 0.05) is 55.4 Å². The van der Waals surface area contributed by atoms with E-state index in [1.807, 2.05) is 48.5 Å². The molecule has 2 aromatic heterocycles. The lowest BCUT2D eigenvalue weighted by atomic mass is 9.93. The molecule has 12 nitrogen and oxygen atoms in total. The number of nitrogens with zero attached hydrogens (tertiary/aromatic N) is 5. The van der Waals surface area contributed by atoms with Crippen molar-refractivity contribution in [3.63, 3.8) is 0 Å². The Bertz CT molecular complexity index is 1930. The molecule has 0 saturated carbocycles. The van der Waals surface area contributed by atoms with Crippen molar-refractivity contribution >= 4 is 64.7 Å². The fourth-order valence-electron chi connectivity index (χ4n) is 6.53. The molecule has 4 aromatic rings. The van der Waals surface area contributed by atoms with Gasteiger partial charge in [0.25, 0.3) is 0 Å². The number of halogens is 1. The van der Waals surface area contributed by atoms with Gasteiger partial charge < -0.3 is 24.8 Å². The number of carbonyl (C=O) groups is 2. The molecule has 3 N–H and O–H groups in total. The van der Waals surface area contributed by atoms with E-state index < -0.39 is 7.14 Å².